The van der Waals surface area contributed by atoms with Crippen LogP contribution in [0, 0.1) is 6.92 Å². The smallest absolute Gasteiger partial charge is 0.143 e. The van der Waals surface area contributed by atoms with Gasteiger partial charge in [-0.15, -0.1) is 0 Å². The van der Waals surface area contributed by atoms with Gasteiger partial charge in [0.25, 0.3) is 0 Å². The predicted molar refractivity (Wildman–Crippen MR) is 89.2 cm³/mol. The number of para-hydroxylation sites is 3. The Balaban J connectivity index is 2.28. The zero-order valence-electron chi connectivity index (χ0n) is 12.2. The second kappa shape index (κ2) is 5.37. The van der Waals surface area contributed by atoms with Gasteiger partial charge in [0.2, 0.25) is 0 Å². The van der Waals surface area contributed by atoms with Gasteiger partial charge in [0.15, 0.2) is 0 Å². The quantitative estimate of drug-likeness (QED) is 0.650. The van der Waals surface area contributed by atoms with Gasteiger partial charge in [-0.1, -0.05) is 36.9 Å². The number of hydrogen-bond donors (Lipinski definition) is 0. The van der Waals surface area contributed by atoms with Crippen LogP contribution in [0.3, 0.4) is 0 Å². The second-order valence-electron chi connectivity index (χ2n) is 4.97. The molecule has 3 nitrogen and oxygen atoms in total. The van der Waals surface area contributed by atoms with Gasteiger partial charge in [-0.3, -0.25) is 4.99 Å². The van der Waals surface area contributed by atoms with Gasteiger partial charge < -0.3 is 4.57 Å². The molecular formula is C18H17N3. The van der Waals surface area contributed by atoms with Gasteiger partial charge in [0.05, 0.1) is 16.7 Å². The lowest BCUT2D eigenvalue weighted by molar-refractivity contribution is 0.959. The molecule has 3 heteroatoms. The van der Waals surface area contributed by atoms with Crippen molar-refractivity contribution in [2.45, 2.75) is 6.92 Å². The Hall–Kier alpha value is -2.68. The van der Waals surface area contributed by atoms with Crippen molar-refractivity contribution in [1.82, 2.24) is 9.55 Å². The molecule has 0 aliphatic rings. The lowest BCUT2D eigenvalue weighted by Crippen LogP contribution is -1.93. The molecular weight excluding hydrogens is 258 g/mol. The molecule has 3 rings (SSSR count). The van der Waals surface area contributed by atoms with E-state index >= 15 is 0 Å². The van der Waals surface area contributed by atoms with E-state index in [9.17, 15) is 0 Å². The molecule has 0 bridgehead atoms. The number of aryl methyl sites for hydroxylation is 2. The summed E-state index contributed by atoms with van der Waals surface area (Å²) in [5.41, 5.74) is 5.21. The molecule has 0 N–H and O–H groups in total. The summed E-state index contributed by atoms with van der Waals surface area (Å²) in [5, 5.41) is 0. The van der Waals surface area contributed by atoms with Gasteiger partial charge in [-0.05, 0) is 30.7 Å². The van der Waals surface area contributed by atoms with Crippen LogP contribution in [-0.2, 0) is 7.05 Å². The molecule has 0 fully saturated rings. The van der Waals surface area contributed by atoms with E-state index in [4.69, 9.17) is 4.98 Å². The first kappa shape index (κ1) is 13.3. The fraction of sp³-hybridized carbons (Fsp3) is 0.111. The highest BCUT2D eigenvalue weighted by molar-refractivity contribution is 5.86. The van der Waals surface area contributed by atoms with Crippen LogP contribution in [0.1, 0.15) is 5.56 Å². The molecule has 3 aromatic rings. The maximum atomic E-state index is 4.76. The van der Waals surface area contributed by atoms with Gasteiger partial charge in [-0.2, -0.15) is 0 Å². The van der Waals surface area contributed by atoms with E-state index in [1.54, 1.807) is 12.3 Å². The van der Waals surface area contributed by atoms with Gasteiger partial charge in [0.1, 0.15) is 5.82 Å². The highest BCUT2D eigenvalue weighted by Gasteiger charge is 2.13. The maximum absolute atomic E-state index is 4.76. The summed E-state index contributed by atoms with van der Waals surface area (Å²) in [7, 11) is 2.04. The number of aromatic nitrogens is 2. The molecule has 0 amide bonds. The van der Waals surface area contributed by atoms with Crippen molar-refractivity contribution < 1.29 is 0 Å². The van der Waals surface area contributed by atoms with E-state index in [0.717, 1.165) is 33.7 Å². The molecule has 1 aromatic heterocycles. The number of hydrogen-bond acceptors (Lipinski definition) is 2. The van der Waals surface area contributed by atoms with Crippen LogP contribution < -0.4 is 0 Å². The molecule has 0 radical (unpaired) electrons. The minimum absolute atomic E-state index is 0.927. The Bertz CT molecular complexity index is 841. The van der Waals surface area contributed by atoms with Crippen LogP contribution >= 0.6 is 0 Å². The third-order valence-electron chi connectivity index (χ3n) is 3.57. The Morgan fingerprint density at radius 3 is 2.71 bits per heavy atom. The zero-order chi connectivity index (χ0) is 14.8. The van der Waals surface area contributed by atoms with Crippen molar-refractivity contribution in [3.05, 3.63) is 60.7 Å². The molecule has 0 spiro atoms. The number of allylic oxidation sites excluding steroid dienone is 1. The standard InChI is InChI=1S/C18H17N3/c1-4-12-19-17-13(2)8-7-9-14(17)18-20-15-10-5-6-11-16(15)21(18)3/h4-12H,1H2,2-3H3/b19-12-. The minimum Gasteiger partial charge on any atom is -0.327 e. The first-order valence-corrected chi connectivity index (χ1v) is 6.89. The molecule has 21 heavy (non-hydrogen) atoms. The molecule has 0 atom stereocenters. The summed E-state index contributed by atoms with van der Waals surface area (Å²) < 4.78 is 2.11. The summed E-state index contributed by atoms with van der Waals surface area (Å²) in [6, 6.07) is 14.3. The molecule has 0 unspecified atom stereocenters. The third kappa shape index (κ3) is 2.27. The Kier molecular flexibility index (Phi) is 3.40. The molecule has 104 valence electrons. The predicted octanol–water partition coefficient (Wildman–Crippen LogP) is 4.44. The summed E-state index contributed by atoms with van der Waals surface area (Å²) in [4.78, 5) is 9.27. The van der Waals surface area contributed by atoms with Crippen LogP contribution in [0.5, 0.6) is 0 Å². The molecule has 0 saturated heterocycles. The van der Waals surface area contributed by atoms with E-state index in [1.165, 1.54) is 0 Å². The van der Waals surface area contributed by atoms with E-state index in [0.29, 0.717) is 0 Å². The third-order valence-corrected chi connectivity index (χ3v) is 3.57. The Morgan fingerprint density at radius 2 is 1.95 bits per heavy atom. The van der Waals surface area contributed by atoms with E-state index in [-0.39, 0.29) is 0 Å². The van der Waals surface area contributed by atoms with Crippen LogP contribution in [0.4, 0.5) is 5.69 Å². The molecule has 1 heterocycles. The van der Waals surface area contributed by atoms with Crippen LogP contribution in [0.25, 0.3) is 22.4 Å². The number of fused-ring (bicyclic) bond motifs is 1. The summed E-state index contributed by atoms with van der Waals surface area (Å²) in [6.07, 6.45) is 3.40. The van der Waals surface area contributed by atoms with Crippen molar-refractivity contribution in [2.24, 2.45) is 12.0 Å². The highest BCUT2D eigenvalue weighted by Crippen LogP contribution is 2.33. The number of imidazole rings is 1. The highest BCUT2D eigenvalue weighted by atomic mass is 15.1. The van der Waals surface area contributed by atoms with E-state index in [2.05, 4.69) is 41.3 Å². The lowest BCUT2D eigenvalue weighted by atomic mass is 10.1. The van der Waals surface area contributed by atoms with Crippen LogP contribution in [0.15, 0.2) is 60.1 Å². The number of benzene rings is 2. The summed E-state index contributed by atoms with van der Waals surface area (Å²) >= 11 is 0. The second-order valence-corrected chi connectivity index (χ2v) is 4.97. The normalized spacial score (nSPS) is 11.3. The number of nitrogens with zero attached hydrogens (tertiary/aromatic N) is 3. The SMILES string of the molecule is C=C/C=N\c1c(C)cccc1-c1nc2ccccc2n1C. The molecule has 0 saturated carbocycles. The fourth-order valence-electron chi connectivity index (χ4n) is 2.52. The number of aliphatic imine (C=N–C) groups is 1. The average Bonchev–Trinajstić information content (AvgIpc) is 2.83. The summed E-state index contributed by atoms with van der Waals surface area (Å²) in [6.45, 7) is 5.75. The topological polar surface area (TPSA) is 30.2 Å². The molecule has 2 aromatic carbocycles. The first-order valence-electron chi connectivity index (χ1n) is 6.89. The zero-order valence-corrected chi connectivity index (χ0v) is 12.2. The van der Waals surface area contributed by atoms with E-state index in [1.807, 2.05) is 31.3 Å². The lowest BCUT2D eigenvalue weighted by Gasteiger charge is -2.08. The first-order chi connectivity index (χ1) is 10.2. The van der Waals surface area contributed by atoms with Gasteiger partial charge in [-0.25, -0.2) is 4.98 Å². The van der Waals surface area contributed by atoms with E-state index < -0.39 is 0 Å². The monoisotopic (exact) mass is 275 g/mol. The minimum atomic E-state index is 0.927. The van der Waals surface area contributed by atoms with Crippen molar-refractivity contribution in [3.63, 3.8) is 0 Å². The molecule has 0 aliphatic carbocycles. The van der Waals surface area contributed by atoms with Crippen molar-refractivity contribution in [2.75, 3.05) is 0 Å². The Labute approximate surface area is 124 Å². The fourth-order valence-corrected chi connectivity index (χ4v) is 2.52. The van der Waals surface area contributed by atoms with Gasteiger partial charge >= 0.3 is 0 Å². The Morgan fingerprint density at radius 1 is 1.14 bits per heavy atom. The van der Waals surface area contributed by atoms with Crippen molar-refractivity contribution in [1.29, 1.82) is 0 Å². The van der Waals surface area contributed by atoms with Crippen LogP contribution in [0.2, 0.25) is 0 Å². The van der Waals surface area contributed by atoms with Crippen LogP contribution in [-0.4, -0.2) is 15.8 Å². The molecule has 0 aliphatic heterocycles. The van der Waals surface area contributed by atoms with Crippen molar-refractivity contribution >= 4 is 22.9 Å². The largest absolute Gasteiger partial charge is 0.327 e. The maximum Gasteiger partial charge on any atom is 0.143 e. The average molecular weight is 275 g/mol. The number of rotatable bonds is 3. The van der Waals surface area contributed by atoms with Gasteiger partial charge in [0, 0.05) is 18.8 Å². The summed E-state index contributed by atoms with van der Waals surface area (Å²) in [5.74, 6) is 0.927. The van der Waals surface area contributed by atoms with Crippen molar-refractivity contribution in [3.8, 4) is 11.4 Å².